The van der Waals surface area contributed by atoms with E-state index in [1.54, 1.807) is 0 Å². The third kappa shape index (κ3) is 4.00. The fourth-order valence-electron chi connectivity index (χ4n) is 0. The Morgan fingerprint density at radius 3 is 1.33 bits per heavy atom. The Labute approximate surface area is 40.6 Å². The monoisotopic (exact) mass is 84.1 g/mol. The van der Waals surface area contributed by atoms with Crippen LogP contribution in [0.15, 0.2) is 0 Å². The summed E-state index contributed by atoms with van der Waals surface area (Å²) >= 11 is 0. The molecule has 0 aliphatic carbocycles. The van der Waals surface area contributed by atoms with Crippen LogP contribution in [0, 0.1) is 11.8 Å². The van der Waals surface area contributed by atoms with Crippen molar-refractivity contribution in [1.29, 1.82) is 0 Å². The molecule has 36 valence electrons. The van der Waals surface area contributed by atoms with Gasteiger partial charge in [-0.2, -0.15) is 0 Å². The van der Waals surface area contributed by atoms with E-state index in [4.69, 9.17) is 0 Å². The Kier molecular flexibility index (Phi) is 1.63. The van der Waals surface area contributed by atoms with Crippen LogP contribution < -0.4 is 0 Å². The summed E-state index contributed by atoms with van der Waals surface area (Å²) in [6, 6.07) is 0. The quantitative estimate of drug-likeness (QED) is 0.422. The van der Waals surface area contributed by atoms with E-state index >= 15 is 0 Å². The van der Waals surface area contributed by atoms with Gasteiger partial charge in [-0.25, -0.2) is 0 Å². The van der Waals surface area contributed by atoms with E-state index in [-0.39, 0.29) is 0 Å². The SMILES string of the molecule is C[C]C(C)(C)C. The summed E-state index contributed by atoms with van der Waals surface area (Å²) in [7, 11) is 0. The third-order valence-electron chi connectivity index (χ3n) is 0.750. The molecule has 0 unspecified atom stereocenters. The molecule has 0 amide bonds. The molecule has 0 heterocycles. The molecule has 0 rings (SSSR count). The molecule has 0 atom stereocenters. The number of hydrogen-bond acceptors (Lipinski definition) is 0. The topological polar surface area (TPSA) is 0 Å². The molecule has 0 spiro atoms. The molecule has 0 aromatic rings. The zero-order valence-electron chi connectivity index (χ0n) is 5.00. The first kappa shape index (κ1) is 6.00. The van der Waals surface area contributed by atoms with Crippen molar-refractivity contribution in [3.63, 3.8) is 0 Å². The average Bonchev–Trinajstić information content (AvgIpc) is 1.35. The third-order valence-corrected chi connectivity index (χ3v) is 0.750. The van der Waals surface area contributed by atoms with Gasteiger partial charge in [-0.1, -0.05) is 27.7 Å². The minimum atomic E-state index is 0.292. The normalized spacial score (nSPS) is 12.0. The van der Waals surface area contributed by atoms with Crippen LogP contribution in [0.3, 0.4) is 0 Å². The van der Waals surface area contributed by atoms with Gasteiger partial charge in [0.1, 0.15) is 0 Å². The van der Waals surface area contributed by atoms with Gasteiger partial charge in [-0.05, 0) is 11.8 Å². The van der Waals surface area contributed by atoms with E-state index in [0.717, 1.165) is 0 Å². The molecular formula is C6H12. The van der Waals surface area contributed by atoms with Gasteiger partial charge in [-0.3, -0.25) is 0 Å². The van der Waals surface area contributed by atoms with Crippen molar-refractivity contribution in [2.45, 2.75) is 27.7 Å². The van der Waals surface area contributed by atoms with Crippen LogP contribution in [0.4, 0.5) is 0 Å². The summed E-state index contributed by atoms with van der Waals surface area (Å²) in [5.41, 5.74) is 0.292. The lowest BCUT2D eigenvalue weighted by atomic mass is 9.94. The molecule has 0 saturated carbocycles. The Balaban J connectivity index is 3.17. The molecule has 0 aliphatic heterocycles. The molecule has 6 heavy (non-hydrogen) atoms. The van der Waals surface area contributed by atoms with Crippen LogP contribution in [-0.2, 0) is 0 Å². The van der Waals surface area contributed by atoms with E-state index in [2.05, 4.69) is 27.2 Å². The van der Waals surface area contributed by atoms with E-state index in [0.29, 0.717) is 5.41 Å². The van der Waals surface area contributed by atoms with Crippen LogP contribution in [-0.4, -0.2) is 0 Å². The molecule has 0 nitrogen and oxygen atoms in total. The van der Waals surface area contributed by atoms with Crippen LogP contribution in [0.5, 0.6) is 0 Å². The molecule has 0 fully saturated rings. The van der Waals surface area contributed by atoms with Crippen molar-refractivity contribution in [3.8, 4) is 0 Å². The summed E-state index contributed by atoms with van der Waals surface area (Å²) < 4.78 is 0. The van der Waals surface area contributed by atoms with Gasteiger partial charge in [0.2, 0.25) is 0 Å². The molecule has 0 aromatic carbocycles. The second kappa shape index (κ2) is 1.63. The zero-order chi connectivity index (χ0) is 5.21. The smallest absolute Gasteiger partial charge is 0.0148 e. The fraction of sp³-hybridized carbons (Fsp3) is 0.833. The zero-order valence-corrected chi connectivity index (χ0v) is 5.00. The maximum absolute atomic E-state index is 3.10. The molecule has 0 bridgehead atoms. The molecule has 0 aliphatic rings. The van der Waals surface area contributed by atoms with Gasteiger partial charge in [0.25, 0.3) is 0 Å². The molecule has 0 aromatic heterocycles. The predicted octanol–water partition coefficient (Wildman–Crippen LogP) is 2.13. The number of rotatable bonds is 0. The van der Waals surface area contributed by atoms with Crippen molar-refractivity contribution < 1.29 is 0 Å². The van der Waals surface area contributed by atoms with Crippen molar-refractivity contribution >= 4 is 0 Å². The van der Waals surface area contributed by atoms with E-state index in [1.165, 1.54) is 0 Å². The minimum Gasteiger partial charge on any atom is -0.0596 e. The first-order valence-corrected chi connectivity index (χ1v) is 2.25. The van der Waals surface area contributed by atoms with Crippen LogP contribution in [0.1, 0.15) is 27.7 Å². The highest BCUT2D eigenvalue weighted by Crippen LogP contribution is 2.14. The molecule has 0 N–H and O–H groups in total. The van der Waals surface area contributed by atoms with Crippen molar-refractivity contribution in [1.82, 2.24) is 0 Å². The van der Waals surface area contributed by atoms with E-state index in [1.807, 2.05) is 6.92 Å². The first-order valence-electron chi connectivity index (χ1n) is 2.25. The highest BCUT2D eigenvalue weighted by molar-refractivity contribution is 4.74. The minimum absolute atomic E-state index is 0.292. The lowest BCUT2D eigenvalue weighted by Crippen LogP contribution is -2.01. The van der Waals surface area contributed by atoms with Gasteiger partial charge in [0.05, 0.1) is 0 Å². The second-order valence-electron chi connectivity index (χ2n) is 2.50. The van der Waals surface area contributed by atoms with Crippen LogP contribution >= 0.6 is 0 Å². The highest BCUT2D eigenvalue weighted by Gasteiger charge is 2.04. The summed E-state index contributed by atoms with van der Waals surface area (Å²) in [5.74, 6) is 0. The highest BCUT2D eigenvalue weighted by atomic mass is 14.1. The van der Waals surface area contributed by atoms with Crippen molar-refractivity contribution in [2.24, 2.45) is 5.41 Å². The van der Waals surface area contributed by atoms with Gasteiger partial charge < -0.3 is 0 Å². The lowest BCUT2D eigenvalue weighted by Gasteiger charge is -2.11. The fourth-order valence-corrected chi connectivity index (χ4v) is 0. The molecule has 0 heteroatoms. The largest absolute Gasteiger partial charge is 0.0596 e. The van der Waals surface area contributed by atoms with Crippen LogP contribution in [0.25, 0.3) is 0 Å². The maximum atomic E-state index is 3.10. The standard InChI is InChI=1S/C6H12/c1-5-6(2,3)4/h1-4H3. The Morgan fingerprint density at radius 1 is 1.17 bits per heavy atom. The molecule has 2 radical (unpaired) electrons. The van der Waals surface area contributed by atoms with E-state index in [9.17, 15) is 0 Å². The van der Waals surface area contributed by atoms with E-state index < -0.39 is 0 Å². The van der Waals surface area contributed by atoms with Gasteiger partial charge >= 0.3 is 0 Å². The average molecular weight is 84.2 g/mol. The van der Waals surface area contributed by atoms with Gasteiger partial charge in [-0.15, -0.1) is 0 Å². The molecule has 0 saturated heterocycles. The van der Waals surface area contributed by atoms with Crippen molar-refractivity contribution in [3.05, 3.63) is 6.42 Å². The van der Waals surface area contributed by atoms with Crippen molar-refractivity contribution in [2.75, 3.05) is 0 Å². The first-order chi connectivity index (χ1) is 2.56. The Morgan fingerprint density at radius 2 is 1.33 bits per heavy atom. The maximum Gasteiger partial charge on any atom is -0.0148 e. The lowest BCUT2D eigenvalue weighted by molar-refractivity contribution is 0.496. The summed E-state index contributed by atoms with van der Waals surface area (Å²) in [4.78, 5) is 0. The predicted molar refractivity (Wildman–Crippen MR) is 28.4 cm³/mol. The van der Waals surface area contributed by atoms with Gasteiger partial charge in [0.15, 0.2) is 0 Å². The summed E-state index contributed by atoms with van der Waals surface area (Å²) in [6.45, 7) is 8.35. The second-order valence-corrected chi connectivity index (χ2v) is 2.50. The number of hydrogen-bond donors (Lipinski definition) is 0. The van der Waals surface area contributed by atoms with Crippen LogP contribution in [0.2, 0.25) is 0 Å². The summed E-state index contributed by atoms with van der Waals surface area (Å²) in [5, 5.41) is 0. The summed E-state index contributed by atoms with van der Waals surface area (Å²) in [6.07, 6.45) is 3.10. The Hall–Kier alpha value is 0. The molecular weight excluding hydrogens is 72.1 g/mol. The van der Waals surface area contributed by atoms with Gasteiger partial charge in [0, 0.05) is 0 Å². The Bertz CT molecular complexity index is 29.8.